The Morgan fingerprint density at radius 2 is 2.08 bits per heavy atom. The van der Waals surface area contributed by atoms with Crippen LogP contribution in [-0.2, 0) is 0 Å². The number of aromatic nitrogens is 2. The standard InChI is InChI=1S/C18H27N3O4/c1-5-7-9-14-10-13(8-6-2)16(22)17(14)25-18-15(21(23)24)11(3)19-12(4)20-18/h5,13-14,16-17,22H,1,6-10H2,2-4H3/t13-,14-,16+,17-/m0/s1. The molecule has 0 unspecified atom stereocenters. The zero-order chi connectivity index (χ0) is 18.6. The van der Waals surface area contributed by atoms with E-state index in [0.29, 0.717) is 5.82 Å². The van der Waals surface area contributed by atoms with Crippen LogP contribution in [0.25, 0.3) is 0 Å². The van der Waals surface area contributed by atoms with Crippen LogP contribution in [0.5, 0.6) is 5.88 Å². The molecule has 1 fully saturated rings. The second-order valence-electron chi connectivity index (χ2n) is 6.75. The largest absolute Gasteiger partial charge is 0.466 e. The summed E-state index contributed by atoms with van der Waals surface area (Å²) in [6, 6.07) is 0. The normalized spacial score (nSPS) is 25.8. The highest BCUT2D eigenvalue weighted by molar-refractivity contribution is 5.45. The van der Waals surface area contributed by atoms with Crippen molar-refractivity contribution in [3.05, 3.63) is 34.3 Å². The minimum absolute atomic E-state index is 0.0419. The number of ether oxygens (including phenoxy) is 1. The van der Waals surface area contributed by atoms with E-state index in [9.17, 15) is 15.2 Å². The van der Waals surface area contributed by atoms with Crippen molar-refractivity contribution in [3.8, 4) is 5.88 Å². The number of hydrogen-bond donors (Lipinski definition) is 1. The van der Waals surface area contributed by atoms with E-state index < -0.39 is 17.1 Å². The molecule has 0 bridgehead atoms. The maximum absolute atomic E-state index is 11.4. The first kappa shape index (κ1) is 19.3. The van der Waals surface area contributed by atoms with Crippen LogP contribution in [0.2, 0.25) is 0 Å². The molecule has 1 heterocycles. The number of rotatable bonds is 8. The van der Waals surface area contributed by atoms with E-state index in [-0.39, 0.29) is 29.1 Å². The van der Waals surface area contributed by atoms with E-state index in [4.69, 9.17) is 4.74 Å². The Morgan fingerprint density at radius 1 is 1.36 bits per heavy atom. The zero-order valence-corrected chi connectivity index (χ0v) is 15.1. The third-order valence-electron chi connectivity index (χ3n) is 4.86. The SMILES string of the molecule is C=CCC[C@H]1C[C@H](CCC)[C@@H](O)[C@H]1Oc1nc(C)nc(C)c1[N+](=O)[O-]. The van der Waals surface area contributed by atoms with Gasteiger partial charge in [0.1, 0.15) is 17.6 Å². The monoisotopic (exact) mass is 349 g/mol. The second kappa shape index (κ2) is 8.38. The van der Waals surface area contributed by atoms with E-state index in [1.165, 1.54) is 0 Å². The van der Waals surface area contributed by atoms with Crippen LogP contribution in [0, 0.1) is 35.8 Å². The average Bonchev–Trinajstić information content (AvgIpc) is 2.81. The van der Waals surface area contributed by atoms with Crippen molar-refractivity contribution in [2.24, 2.45) is 11.8 Å². The predicted octanol–water partition coefficient (Wildman–Crippen LogP) is 3.51. The van der Waals surface area contributed by atoms with Crippen LogP contribution in [-0.4, -0.2) is 32.2 Å². The molecule has 0 aliphatic heterocycles. The first-order valence-electron chi connectivity index (χ1n) is 8.84. The third-order valence-corrected chi connectivity index (χ3v) is 4.86. The quantitative estimate of drug-likeness (QED) is 0.438. The summed E-state index contributed by atoms with van der Waals surface area (Å²) in [7, 11) is 0. The Labute approximate surface area is 148 Å². The van der Waals surface area contributed by atoms with Crippen LogP contribution in [0.4, 0.5) is 5.69 Å². The molecule has 1 saturated carbocycles. The van der Waals surface area contributed by atoms with Gasteiger partial charge in [0.15, 0.2) is 0 Å². The fraction of sp³-hybridized carbons (Fsp3) is 0.667. The van der Waals surface area contributed by atoms with Crippen LogP contribution in [0.15, 0.2) is 12.7 Å². The van der Waals surface area contributed by atoms with Crippen LogP contribution in [0.1, 0.15) is 50.5 Å². The molecule has 1 aliphatic carbocycles. The molecule has 1 aromatic rings. The molecular weight excluding hydrogens is 322 g/mol. The van der Waals surface area contributed by atoms with E-state index in [0.717, 1.165) is 32.1 Å². The van der Waals surface area contributed by atoms with Gasteiger partial charge in [-0.2, -0.15) is 4.98 Å². The Bertz CT molecular complexity index is 635. The number of allylic oxidation sites excluding steroid dienone is 1. The number of aliphatic hydroxyl groups excluding tert-OH is 1. The lowest BCUT2D eigenvalue weighted by molar-refractivity contribution is -0.387. The van der Waals surface area contributed by atoms with Gasteiger partial charge in [0.2, 0.25) is 0 Å². The summed E-state index contributed by atoms with van der Waals surface area (Å²) in [6.45, 7) is 9.08. The first-order valence-corrected chi connectivity index (χ1v) is 8.84. The Kier molecular flexibility index (Phi) is 6.47. The van der Waals surface area contributed by atoms with Gasteiger partial charge in [-0.15, -0.1) is 6.58 Å². The van der Waals surface area contributed by atoms with Crippen LogP contribution in [0.3, 0.4) is 0 Å². The van der Waals surface area contributed by atoms with Crippen molar-refractivity contribution >= 4 is 5.69 Å². The highest BCUT2D eigenvalue weighted by Crippen LogP contribution is 2.40. The fourth-order valence-corrected chi connectivity index (χ4v) is 3.75. The smallest absolute Gasteiger partial charge is 0.351 e. The molecular formula is C18H27N3O4. The van der Waals surface area contributed by atoms with Gasteiger partial charge in [-0.25, -0.2) is 4.98 Å². The Morgan fingerprint density at radius 3 is 2.68 bits per heavy atom. The average molecular weight is 349 g/mol. The molecule has 1 aromatic heterocycles. The summed E-state index contributed by atoms with van der Waals surface area (Å²) in [5.41, 5.74) is 0.0481. The molecule has 7 heteroatoms. The fourth-order valence-electron chi connectivity index (χ4n) is 3.75. The van der Waals surface area contributed by atoms with Crippen molar-refractivity contribution in [2.75, 3.05) is 0 Å². The summed E-state index contributed by atoms with van der Waals surface area (Å²) < 4.78 is 5.95. The lowest BCUT2D eigenvalue weighted by Gasteiger charge is -2.23. The van der Waals surface area contributed by atoms with E-state index >= 15 is 0 Å². The molecule has 1 aliphatic rings. The van der Waals surface area contributed by atoms with Crippen molar-refractivity contribution < 1.29 is 14.8 Å². The lowest BCUT2D eigenvalue weighted by Crippen LogP contribution is -2.34. The van der Waals surface area contributed by atoms with E-state index in [2.05, 4.69) is 23.5 Å². The topological polar surface area (TPSA) is 98.4 Å². The molecule has 25 heavy (non-hydrogen) atoms. The molecule has 138 valence electrons. The van der Waals surface area contributed by atoms with Crippen molar-refractivity contribution in [3.63, 3.8) is 0 Å². The maximum atomic E-state index is 11.4. The van der Waals surface area contributed by atoms with E-state index in [1.807, 2.05) is 6.08 Å². The Balaban J connectivity index is 2.32. The van der Waals surface area contributed by atoms with Crippen molar-refractivity contribution in [1.29, 1.82) is 0 Å². The lowest BCUT2D eigenvalue weighted by atomic mass is 9.97. The van der Waals surface area contributed by atoms with Gasteiger partial charge in [0.25, 0.3) is 5.88 Å². The van der Waals surface area contributed by atoms with Gasteiger partial charge < -0.3 is 9.84 Å². The minimum atomic E-state index is -0.648. The summed E-state index contributed by atoms with van der Waals surface area (Å²) >= 11 is 0. The number of aryl methyl sites for hydroxylation is 2. The second-order valence-corrected chi connectivity index (χ2v) is 6.75. The van der Waals surface area contributed by atoms with Gasteiger partial charge in [-0.1, -0.05) is 19.4 Å². The minimum Gasteiger partial charge on any atom is -0.466 e. The highest BCUT2D eigenvalue weighted by Gasteiger charge is 2.44. The number of nitro groups is 1. The third kappa shape index (κ3) is 4.34. The number of hydrogen-bond acceptors (Lipinski definition) is 6. The van der Waals surface area contributed by atoms with Crippen molar-refractivity contribution in [1.82, 2.24) is 9.97 Å². The molecule has 0 aromatic carbocycles. The van der Waals surface area contributed by atoms with Crippen molar-refractivity contribution in [2.45, 2.75) is 65.1 Å². The Hall–Kier alpha value is -2.02. The zero-order valence-electron chi connectivity index (χ0n) is 15.1. The first-order chi connectivity index (χ1) is 11.9. The number of nitrogens with zero attached hydrogens (tertiary/aromatic N) is 3. The van der Waals surface area contributed by atoms with Gasteiger partial charge in [-0.3, -0.25) is 10.1 Å². The molecule has 4 atom stereocenters. The molecule has 2 rings (SSSR count). The van der Waals surface area contributed by atoms with Gasteiger partial charge in [0, 0.05) is 0 Å². The predicted molar refractivity (Wildman–Crippen MR) is 94.5 cm³/mol. The summed E-state index contributed by atoms with van der Waals surface area (Å²) in [5.74, 6) is 0.644. The molecule has 0 saturated heterocycles. The highest BCUT2D eigenvalue weighted by atomic mass is 16.6. The molecule has 7 nitrogen and oxygen atoms in total. The summed E-state index contributed by atoms with van der Waals surface area (Å²) in [6.07, 6.45) is 5.10. The van der Waals surface area contributed by atoms with Crippen LogP contribution < -0.4 is 4.74 Å². The molecule has 0 spiro atoms. The van der Waals surface area contributed by atoms with Gasteiger partial charge in [0.05, 0.1) is 11.0 Å². The molecule has 0 amide bonds. The van der Waals surface area contributed by atoms with Crippen LogP contribution >= 0.6 is 0 Å². The molecule has 1 N–H and O–H groups in total. The summed E-state index contributed by atoms with van der Waals surface area (Å²) in [4.78, 5) is 19.1. The number of aliphatic hydroxyl groups is 1. The molecule has 0 radical (unpaired) electrons. The van der Waals surface area contributed by atoms with Gasteiger partial charge >= 0.3 is 5.69 Å². The van der Waals surface area contributed by atoms with Gasteiger partial charge in [-0.05, 0) is 51.4 Å². The van der Waals surface area contributed by atoms with E-state index in [1.54, 1.807) is 13.8 Å². The summed E-state index contributed by atoms with van der Waals surface area (Å²) in [5, 5.41) is 22.1. The maximum Gasteiger partial charge on any atom is 0.351 e.